The number of hydrogen-bond donors (Lipinski definition) is 0. The highest BCUT2D eigenvalue weighted by Gasteiger charge is 2.20. The molecule has 0 aromatic carbocycles. The Balaban J connectivity index is 2.19. The second-order valence-electron chi connectivity index (χ2n) is 4.20. The first-order valence-electron chi connectivity index (χ1n) is 5.68. The van der Waals surface area contributed by atoms with Crippen molar-refractivity contribution in [2.75, 3.05) is 23.0 Å². The van der Waals surface area contributed by atoms with Gasteiger partial charge in [-0.05, 0) is 25.5 Å². The molecule has 2 rings (SSSR count). The molecule has 2 atom stereocenters. The topological polar surface area (TPSA) is 57.0 Å². The van der Waals surface area contributed by atoms with Crippen molar-refractivity contribution in [3.05, 3.63) is 23.9 Å². The number of rotatable bonds is 1. The zero-order valence-corrected chi connectivity index (χ0v) is 10.6. The van der Waals surface area contributed by atoms with E-state index in [0.717, 1.165) is 24.5 Å². The Labute approximate surface area is 104 Å². The van der Waals surface area contributed by atoms with Crippen molar-refractivity contribution < 1.29 is 4.21 Å². The molecule has 0 N–H and O–H groups in total. The molecule has 1 aliphatic heterocycles. The molecule has 4 nitrogen and oxygen atoms in total. The fraction of sp³-hybridized carbons (Fsp3) is 0.500. The fourth-order valence-corrected chi connectivity index (χ4v) is 3.15. The SMILES string of the molecule is C[C@H]1CC[S@](=O)CCN1c1ccc(C#N)cn1. The predicted molar refractivity (Wildman–Crippen MR) is 68.3 cm³/mol. The summed E-state index contributed by atoms with van der Waals surface area (Å²) in [5, 5.41) is 8.73. The maximum Gasteiger partial charge on any atom is 0.128 e. The lowest BCUT2D eigenvalue weighted by Gasteiger charge is -2.27. The van der Waals surface area contributed by atoms with Crippen molar-refractivity contribution in [3.63, 3.8) is 0 Å². The quantitative estimate of drug-likeness (QED) is 0.753. The lowest BCUT2D eigenvalue weighted by Crippen LogP contribution is -2.34. The van der Waals surface area contributed by atoms with Crippen molar-refractivity contribution in [2.24, 2.45) is 0 Å². The smallest absolute Gasteiger partial charge is 0.128 e. The molecule has 0 amide bonds. The first-order chi connectivity index (χ1) is 8.20. The van der Waals surface area contributed by atoms with Gasteiger partial charge >= 0.3 is 0 Å². The first-order valence-corrected chi connectivity index (χ1v) is 7.17. The Kier molecular flexibility index (Phi) is 3.75. The molecule has 1 saturated heterocycles. The molecule has 1 aromatic rings. The average Bonchev–Trinajstić information content (AvgIpc) is 2.52. The lowest BCUT2D eigenvalue weighted by atomic mass is 10.2. The zero-order valence-electron chi connectivity index (χ0n) is 9.80. The maximum atomic E-state index is 11.5. The summed E-state index contributed by atoms with van der Waals surface area (Å²) in [6, 6.07) is 6.05. The second-order valence-corrected chi connectivity index (χ2v) is 5.89. The van der Waals surface area contributed by atoms with Crippen molar-refractivity contribution in [3.8, 4) is 6.07 Å². The zero-order chi connectivity index (χ0) is 12.3. The molecular formula is C12H15N3OS. The molecule has 0 unspecified atom stereocenters. The summed E-state index contributed by atoms with van der Waals surface area (Å²) in [6.07, 6.45) is 2.51. The third-order valence-corrected chi connectivity index (χ3v) is 4.36. The van der Waals surface area contributed by atoms with Gasteiger partial charge in [0.25, 0.3) is 0 Å². The summed E-state index contributed by atoms with van der Waals surface area (Å²) in [6.45, 7) is 2.90. The molecule has 0 saturated carbocycles. The molecule has 2 heterocycles. The van der Waals surface area contributed by atoms with Gasteiger partial charge in [0.1, 0.15) is 11.9 Å². The molecule has 0 spiro atoms. The van der Waals surface area contributed by atoms with E-state index in [2.05, 4.69) is 22.9 Å². The van der Waals surface area contributed by atoms with E-state index in [1.54, 1.807) is 12.3 Å². The summed E-state index contributed by atoms with van der Waals surface area (Å²) in [4.78, 5) is 6.47. The lowest BCUT2D eigenvalue weighted by molar-refractivity contribution is 0.637. The molecule has 1 aromatic heterocycles. The van der Waals surface area contributed by atoms with Crippen LogP contribution < -0.4 is 4.90 Å². The third-order valence-electron chi connectivity index (χ3n) is 3.03. The Hall–Kier alpha value is -1.41. The van der Waals surface area contributed by atoms with Crippen LogP contribution in [0.15, 0.2) is 18.3 Å². The van der Waals surface area contributed by atoms with Crippen LogP contribution in [0.1, 0.15) is 18.9 Å². The van der Waals surface area contributed by atoms with Gasteiger partial charge in [-0.3, -0.25) is 4.21 Å². The van der Waals surface area contributed by atoms with Gasteiger partial charge in [0.2, 0.25) is 0 Å². The molecule has 90 valence electrons. The summed E-state index contributed by atoms with van der Waals surface area (Å²) >= 11 is 0. The summed E-state index contributed by atoms with van der Waals surface area (Å²) in [7, 11) is -0.701. The summed E-state index contributed by atoms with van der Waals surface area (Å²) in [5.41, 5.74) is 0.569. The van der Waals surface area contributed by atoms with Crippen molar-refractivity contribution in [1.82, 2.24) is 4.98 Å². The van der Waals surface area contributed by atoms with Crippen LogP contribution in [0, 0.1) is 11.3 Å². The average molecular weight is 249 g/mol. The van der Waals surface area contributed by atoms with Gasteiger partial charge in [0.15, 0.2) is 0 Å². The Morgan fingerprint density at radius 3 is 3.00 bits per heavy atom. The molecular weight excluding hydrogens is 234 g/mol. The van der Waals surface area contributed by atoms with Gasteiger partial charge in [0, 0.05) is 41.1 Å². The van der Waals surface area contributed by atoms with E-state index in [9.17, 15) is 4.21 Å². The number of nitrogens with zero attached hydrogens (tertiary/aromatic N) is 3. The van der Waals surface area contributed by atoms with Crippen LogP contribution in [-0.4, -0.2) is 33.3 Å². The van der Waals surface area contributed by atoms with Crippen molar-refractivity contribution in [2.45, 2.75) is 19.4 Å². The van der Waals surface area contributed by atoms with Crippen LogP contribution in [0.3, 0.4) is 0 Å². The second kappa shape index (κ2) is 5.28. The molecule has 0 bridgehead atoms. The number of pyridine rings is 1. The predicted octanol–water partition coefficient (Wildman–Crippen LogP) is 1.30. The van der Waals surface area contributed by atoms with Gasteiger partial charge < -0.3 is 4.90 Å². The van der Waals surface area contributed by atoms with E-state index in [4.69, 9.17) is 5.26 Å². The molecule has 1 fully saturated rings. The number of aromatic nitrogens is 1. The van der Waals surface area contributed by atoms with E-state index in [-0.39, 0.29) is 0 Å². The highest BCUT2D eigenvalue weighted by molar-refractivity contribution is 7.85. The molecule has 5 heteroatoms. The highest BCUT2D eigenvalue weighted by Crippen LogP contribution is 2.18. The van der Waals surface area contributed by atoms with E-state index in [1.165, 1.54) is 0 Å². The Bertz CT molecular complexity index is 452. The van der Waals surface area contributed by atoms with Crippen molar-refractivity contribution >= 4 is 16.6 Å². The molecule has 17 heavy (non-hydrogen) atoms. The van der Waals surface area contributed by atoms with Crippen LogP contribution in [0.2, 0.25) is 0 Å². The van der Waals surface area contributed by atoms with E-state index >= 15 is 0 Å². The van der Waals surface area contributed by atoms with Crippen LogP contribution in [0.25, 0.3) is 0 Å². The molecule has 1 aliphatic rings. The van der Waals surface area contributed by atoms with Crippen LogP contribution >= 0.6 is 0 Å². The van der Waals surface area contributed by atoms with E-state index in [0.29, 0.717) is 17.4 Å². The van der Waals surface area contributed by atoms with Crippen LogP contribution in [-0.2, 0) is 10.8 Å². The minimum absolute atomic E-state index is 0.349. The van der Waals surface area contributed by atoms with Crippen LogP contribution in [0.5, 0.6) is 0 Å². The summed E-state index contributed by atoms with van der Waals surface area (Å²) < 4.78 is 11.5. The monoisotopic (exact) mass is 249 g/mol. The van der Waals surface area contributed by atoms with E-state index < -0.39 is 10.8 Å². The van der Waals surface area contributed by atoms with Crippen LogP contribution in [0.4, 0.5) is 5.82 Å². The number of nitriles is 1. The Morgan fingerprint density at radius 1 is 1.53 bits per heavy atom. The minimum atomic E-state index is -0.701. The fourth-order valence-electron chi connectivity index (χ4n) is 1.94. The van der Waals surface area contributed by atoms with Gasteiger partial charge in [-0.2, -0.15) is 5.26 Å². The Morgan fingerprint density at radius 2 is 2.35 bits per heavy atom. The van der Waals surface area contributed by atoms with E-state index in [1.807, 2.05) is 6.07 Å². The maximum absolute atomic E-state index is 11.5. The number of hydrogen-bond acceptors (Lipinski definition) is 4. The van der Waals surface area contributed by atoms with Gasteiger partial charge in [0.05, 0.1) is 5.56 Å². The number of anilines is 1. The largest absolute Gasteiger partial charge is 0.353 e. The molecule has 0 radical (unpaired) electrons. The highest BCUT2D eigenvalue weighted by atomic mass is 32.2. The molecule has 0 aliphatic carbocycles. The normalized spacial score (nSPS) is 25.1. The van der Waals surface area contributed by atoms with Crippen molar-refractivity contribution in [1.29, 1.82) is 5.26 Å². The van der Waals surface area contributed by atoms with Gasteiger partial charge in [-0.25, -0.2) is 4.98 Å². The standard InChI is InChI=1S/C12H15N3OS/c1-10-4-6-17(16)7-5-15(10)12-3-2-11(8-13)9-14-12/h2-3,9-10H,4-7H2,1H3/t10-,17-/m0/s1. The minimum Gasteiger partial charge on any atom is -0.353 e. The van der Waals surface area contributed by atoms with Gasteiger partial charge in [-0.15, -0.1) is 0 Å². The van der Waals surface area contributed by atoms with Gasteiger partial charge in [-0.1, -0.05) is 0 Å². The third kappa shape index (κ3) is 2.83. The summed E-state index contributed by atoms with van der Waals surface area (Å²) in [5.74, 6) is 2.34. The first kappa shape index (κ1) is 12.1.